The Morgan fingerprint density at radius 2 is 1.68 bits per heavy atom. The third-order valence-electron chi connectivity index (χ3n) is 7.11. The zero-order valence-corrected chi connectivity index (χ0v) is 19.5. The second-order valence-corrected chi connectivity index (χ2v) is 9.22. The lowest BCUT2D eigenvalue weighted by atomic mass is 9.94. The Morgan fingerprint density at radius 1 is 1.03 bits per heavy atom. The molecule has 0 aromatic heterocycles. The van der Waals surface area contributed by atoms with Crippen LogP contribution in [0.25, 0.3) is 11.1 Å². The van der Waals surface area contributed by atoms with E-state index in [2.05, 4.69) is 34.9 Å². The first kappa shape index (κ1) is 23.8. The Bertz CT molecular complexity index is 1010. The van der Waals surface area contributed by atoms with E-state index in [-0.39, 0.29) is 42.7 Å². The van der Waals surface area contributed by atoms with Crippen LogP contribution in [-0.2, 0) is 14.3 Å². The molecule has 0 unspecified atom stereocenters. The quantitative estimate of drug-likeness (QED) is 0.513. The highest BCUT2D eigenvalue weighted by Crippen LogP contribution is 2.44. The van der Waals surface area contributed by atoms with Crippen LogP contribution in [0, 0.1) is 11.8 Å². The van der Waals surface area contributed by atoms with Gasteiger partial charge in [-0.3, -0.25) is 9.59 Å². The molecular formula is C27H32N2O5. The molecule has 0 spiro atoms. The van der Waals surface area contributed by atoms with Gasteiger partial charge in [-0.2, -0.15) is 0 Å². The zero-order chi connectivity index (χ0) is 24.1. The van der Waals surface area contributed by atoms with E-state index in [0.717, 1.165) is 30.4 Å². The largest absolute Gasteiger partial charge is 0.481 e. The molecule has 0 radical (unpaired) electrons. The molecule has 0 aliphatic heterocycles. The highest BCUT2D eigenvalue weighted by molar-refractivity contribution is 5.81. The first-order valence-corrected chi connectivity index (χ1v) is 12.1. The van der Waals surface area contributed by atoms with Crippen LogP contribution in [0.4, 0.5) is 4.79 Å². The molecule has 2 aliphatic rings. The van der Waals surface area contributed by atoms with Crippen molar-refractivity contribution >= 4 is 18.0 Å². The summed E-state index contributed by atoms with van der Waals surface area (Å²) in [7, 11) is 0. The van der Waals surface area contributed by atoms with Crippen LogP contribution in [-0.4, -0.2) is 42.3 Å². The molecule has 0 heterocycles. The molecule has 7 nitrogen and oxygen atoms in total. The van der Waals surface area contributed by atoms with Gasteiger partial charge in [-0.1, -0.05) is 61.9 Å². The molecule has 1 saturated carbocycles. The minimum absolute atomic E-state index is 0.00312. The summed E-state index contributed by atoms with van der Waals surface area (Å²) in [5.74, 6) is -1.25. The van der Waals surface area contributed by atoms with Gasteiger partial charge in [0.15, 0.2) is 0 Å². The van der Waals surface area contributed by atoms with Gasteiger partial charge in [0, 0.05) is 24.4 Å². The summed E-state index contributed by atoms with van der Waals surface area (Å²) in [4.78, 5) is 36.2. The topological polar surface area (TPSA) is 105 Å². The number of alkyl carbamates (subject to hydrolysis) is 1. The number of hydrogen-bond acceptors (Lipinski definition) is 4. The molecule has 4 rings (SSSR count). The molecule has 2 aromatic carbocycles. The van der Waals surface area contributed by atoms with Gasteiger partial charge in [-0.15, -0.1) is 0 Å². The molecule has 0 bridgehead atoms. The van der Waals surface area contributed by atoms with Crippen molar-refractivity contribution in [2.24, 2.45) is 11.8 Å². The van der Waals surface area contributed by atoms with Crippen molar-refractivity contribution in [2.45, 2.75) is 51.0 Å². The standard InChI is InChI=1S/C27H32N2O5/c1-2-18(14-25(30)31)29-26(32)19-13-7-8-17(19)15-28-27(33)34-16-24-22-11-5-3-9-20(22)21-10-4-6-12-23(21)24/h3-6,9-12,17-19,24H,2,7-8,13-16H2,1H3,(H,28,33)(H,29,32)(H,30,31)/t17-,18+,19-/m1/s1. The Balaban J connectivity index is 1.29. The van der Waals surface area contributed by atoms with Crippen molar-refractivity contribution in [1.82, 2.24) is 10.6 Å². The van der Waals surface area contributed by atoms with Crippen LogP contribution >= 0.6 is 0 Å². The maximum absolute atomic E-state index is 12.7. The summed E-state index contributed by atoms with van der Waals surface area (Å²) in [6, 6.07) is 16.0. The monoisotopic (exact) mass is 464 g/mol. The summed E-state index contributed by atoms with van der Waals surface area (Å²) in [5.41, 5.74) is 4.69. The van der Waals surface area contributed by atoms with E-state index < -0.39 is 12.1 Å². The SMILES string of the molecule is CC[C@@H](CC(=O)O)NC(=O)[C@@H]1CCC[C@@H]1CNC(=O)OCC1c2ccccc2-c2ccccc21. The van der Waals surface area contributed by atoms with Gasteiger partial charge < -0.3 is 20.5 Å². The highest BCUT2D eigenvalue weighted by Gasteiger charge is 2.34. The van der Waals surface area contributed by atoms with Gasteiger partial charge in [0.25, 0.3) is 0 Å². The summed E-state index contributed by atoms with van der Waals surface area (Å²) in [6.07, 6.45) is 2.49. The fraction of sp³-hybridized carbons (Fsp3) is 0.444. The number of nitrogens with one attached hydrogen (secondary N) is 2. The van der Waals surface area contributed by atoms with Crippen LogP contribution < -0.4 is 10.6 Å². The predicted octanol–water partition coefficient (Wildman–Crippen LogP) is 4.31. The maximum atomic E-state index is 12.7. The molecule has 2 amide bonds. The molecule has 34 heavy (non-hydrogen) atoms. The minimum atomic E-state index is -0.924. The van der Waals surface area contributed by atoms with Gasteiger partial charge >= 0.3 is 12.1 Å². The molecule has 1 fully saturated rings. The first-order chi connectivity index (χ1) is 16.5. The number of ether oxygens (including phenoxy) is 1. The van der Waals surface area contributed by atoms with E-state index in [1.54, 1.807) is 0 Å². The summed E-state index contributed by atoms with van der Waals surface area (Å²) in [6.45, 7) is 2.48. The molecule has 0 saturated heterocycles. The average Bonchev–Trinajstić information content (AvgIpc) is 3.43. The number of aliphatic carboxylic acids is 1. The van der Waals surface area contributed by atoms with Crippen LogP contribution in [0.15, 0.2) is 48.5 Å². The van der Waals surface area contributed by atoms with Gasteiger partial charge in [0.05, 0.1) is 6.42 Å². The number of carboxylic acid groups (broad SMARTS) is 1. The van der Waals surface area contributed by atoms with E-state index in [9.17, 15) is 14.4 Å². The Hall–Kier alpha value is -3.35. The molecule has 2 aliphatic carbocycles. The first-order valence-electron chi connectivity index (χ1n) is 12.1. The summed E-state index contributed by atoms with van der Waals surface area (Å²) in [5, 5.41) is 14.7. The lowest BCUT2D eigenvalue weighted by Crippen LogP contribution is -2.43. The number of hydrogen-bond donors (Lipinski definition) is 3. The number of benzene rings is 2. The van der Waals surface area contributed by atoms with Crippen LogP contribution in [0.3, 0.4) is 0 Å². The van der Waals surface area contributed by atoms with Crippen LogP contribution in [0.5, 0.6) is 0 Å². The predicted molar refractivity (Wildman–Crippen MR) is 128 cm³/mol. The minimum Gasteiger partial charge on any atom is -0.481 e. The fourth-order valence-electron chi connectivity index (χ4n) is 5.31. The number of fused-ring (bicyclic) bond motifs is 3. The van der Waals surface area contributed by atoms with E-state index in [1.807, 2.05) is 31.2 Å². The molecule has 7 heteroatoms. The maximum Gasteiger partial charge on any atom is 0.407 e. The zero-order valence-electron chi connectivity index (χ0n) is 19.5. The Morgan fingerprint density at radius 3 is 2.29 bits per heavy atom. The van der Waals surface area contributed by atoms with Crippen LogP contribution in [0.1, 0.15) is 56.1 Å². The Labute approximate surface area is 199 Å². The fourth-order valence-corrected chi connectivity index (χ4v) is 5.31. The summed E-state index contributed by atoms with van der Waals surface area (Å²) >= 11 is 0. The van der Waals surface area contributed by atoms with E-state index in [0.29, 0.717) is 13.0 Å². The number of amides is 2. The lowest BCUT2D eigenvalue weighted by molar-refractivity contribution is -0.138. The number of carbonyl (C=O) groups excluding carboxylic acids is 2. The number of rotatable bonds is 9. The molecular weight excluding hydrogens is 432 g/mol. The van der Waals surface area contributed by atoms with Crippen LogP contribution in [0.2, 0.25) is 0 Å². The van der Waals surface area contributed by atoms with Gasteiger partial charge in [-0.25, -0.2) is 4.79 Å². The number of carbonyl (C=O) groups is 3. The Kier molecular flexibility index (Phi) is 7.50. The van der Waals surface area contributed by atoms with Crippen molar-refractivity contribution < 1.29 is 24.2 Å². The van der Waals surface area contributed by atoms with Gasteiger partial charge in [-0.05, 0) is 47.4 Å². The molecule has 3 atom stereocenters. The average molecular weight is 465 g/mol. The summed E-state index contributed by atoms with van der Waals surface area (Å²) < 4.78 is 5.61. The molecule has 180 valence electrons. The smallest absolute Gasteiger partial charge is 0.407 e. The van der Waals surface area contributed by atoms with Gasteiger partial charge in [0.1, 0.15) is 6.61 Å². The van der Waals surface area contributed by atoms with Crippen molar-refractivity contribution in [3.63, 3.8) is 0 Å². The normalized spacial score (nSPS) is 19.7. The van der Waals surface area contributed by atoms with Crippen molar-refractivity contribution in [3.8, 4) is 11.1 Å². The van der Waals surface area contributed by atoms with E-state index in [4.69, 9.17) is 9.84 Å². The van der Waals surface area contributed by atoms with Crippen molar-refractivity contribution in [2.75, 3.05) is 13.2 Å². The van der Waals surface area contributed by atoms with Gasteiger partial charge in [0.2, 0.25) is 5.91 Å². The highest BCUT2D eigenvalue weighted by atomic mass is 16.5. The lowest BCUT2D eigenvalue weighted by Gasteiger charge is -2.23. The van der Waals surface area contributed by atoms with E-state index in [1.165, 1.54) is 11.1 Å². The number of carboxylic acids is 1. The van der Waals surface area contributed by atoms with Crippen molar-refractivity contribution in [3.05, 3.63) is 59.7 Å². The van der Waals surface area contributed by atoms with Crippen molar-refractivity contribution in [1.29, 1.82) is 0 Å². The molecule has 2 aromatic rings. The third kappa shape index (κ3) is 5.24. The second kappa shape index (κ2) is 10.7. The second-order valence-electron chi connectivity index (χ2n) is 9.22. The molecule has 3 N–H and O–H groups in total. The third-order valence-corrected chi connectivity index (χ3v) is 7.11. The van der Waals surface area contributed by atoms with E-state index >= 15 is 0 Å².